The molecule has 2 aromatic rings. The minimum Gasteiger partial charge on any atom is -0.337 e. The monoisotopic (exact) mass is 296 g/mol. The molecular weight excluding hydrogens is 276 g/mol. The second kappa shape index (κ2) is 5.25. The van der Waals surface area contributed by atoms with Gasteiger partial charge in [-0.2, -0.15) is 5.10 Å². The maximum atomic E-state index is 12.6. The van der Waals surface area contributed by atoms with Crippen molar-refractivity contribution in [1.82, 2.24) is 20.4 Å². The van der Waals surface area contributed by atoms with Crippen LogP contribution in [-0.4, -0.2) is 47.2 Å². The van der Waals surface area contributed by atoms with Crippen LogP contribution in [-0.2, 0) is 0 Å². The Bertz CT molecular complexity index is 679. The number of aromatic nitrogens is 2. The standard InChI is InChI=1S/C17H20N4O/c1-11-2-4-12(5-3-11)15-6-16(20-19-15)17(22)21-9-13-7-18-8-14(13)10-21/h2-6,13-14,18H,7-10H2,1H3,(H,19,20)/t13-,14+. The highest BCUT2D eigenvalue weighted by atomic mass is 16.2. The van der Waals surface area contributed by atoms with Crippen molar-refractivity contribution in [2.24, 2.45) is 11.8 Å². The van der Waals surface area contributed by atoms with Gasteiger partial charge in [0.1, 0.15) is 5.69 Å². The van der Waals surface area contributed by atoms with Crippen molar-refractivity contribution < 1.29 is 4.79 Å². The van der Waals surface area contributed by atoms with Crippen molar-refractivity contribution in [3.05, 3.63) is 41.6 Å². The second-order valence-corrected chi connectivity index (χ2v) is 6.42. The number of aromatic amines is 1. The maximum Gasteiger partial charge on any atom is 0.271 e. The van der Waals surface area contributed by atoms with E-state index in [9.17, 15) is 4.79 Å². The Kier molecular flexibility index (Phi) is 3.22. The number of carbonyl (C=O) groups excluding carboxylic acids is 1. The summed E-state index contributed by atoms with van der Waals surface area (Å²) in [4.78, 5) is 14.6. The molecule has 2 aliphatic heterocycles. The molecule has 0 radical (unpaired) electrons. The molecule has 4 rings (SSSR count). The van der Waals surface area contributed by atoms with Crippen LogP contribution in [0.1, 0.15) is 16.1 Å². The molecule has 1 amide bonds. The number of hydrogen-bond acceptors (Lipinski definition) is 3. The molecule has 114 valence electrons. The first kappa shape index (κ1) is 13.5. The van der Waals surface area contributed by atoms with Crippen LogP contribution in [0.25, 0.3) is 11.3 Å². The largest absolute Gasteiger partial charge is 0.337 e. The number of nitrogens with one attached hydrogen (secondary N) is 2. The number of aryl methyl sites for hydroxylation is 1. The van der Waals surface area contributed by atoms with Gasteiger partial charge in [-0.15, -0.1) is 0 Å². The summed E-state index contributed by atoms with van der Waals surface area (Å²) in [6.45, 7) is 5.84. The Balaban J connectivity index is 1.51. The number of rotatable bonds is 2. The second-order valence-electron chi connectivity index (χ2n) is 6.42. The number of nitrogens with zero attached hydrogens (tertiary/aromatic N) is 2. The van der Waals surface area contributed by atoms with E-state index in [1.807, 2.05) is 23.1 Å². The number of H-pyrrole nitrogens is 1. The predicted octanol–water partition coefficient (Wildman–Crippen LogP) is 1.68. The van der Waals surface area contributed by atoms with Gasteiger partial charge in [0, 0.05) is 31.7 Å². The first-order valence-electron chi connectivity index (χ1n) is 7.83. The van der Waals surface area contributed by atoms with Gasteiger partial charge in [0.25, 0.3) is 5.91 Å². The quantitative estimate of drug-likeness (QED) is 0.886. The number of fused-ring (bicyclic) bond motifs is 1. The lowest BCUT2D eigenvalue weighted by Gasteiger charge is -2.16. The van der Waals surface area contributed by atoms with E-state index in [1.165, 1.54) is 5.56 Å². The molecule has 5 heteroatoms. The third-order valence-corrected chi connectivity index (χ3v) is 4.83. The van der Waals surface area contributed by atoms with Crippen LogP contribution < -0.4 is 5.32 Å². The number of likely N-dealkylation sites (tertiary alicyclic amines) is 1. The van der Waals surface area contributed by atoms with Gasteiger partial charge < -0.3 is 10.2 Å². The molecule has 0 bridgehead atoms. The highest BCUT2D eigenvalue weighted by Gasteiger charge is 2.38. The van der Waals surface area contributed by atoms with E-state index in [0.717, 1.165) is 37.4 Å². The fraction of sp³-hybridized carbons (Fsp3) is 0.412. The fourth-order valence-corrected chi connectivity index (χ4v) is 3.50. The highest BCUT2D eigenvalue weighted by molar-refractivity contribution is 5.93. The first-order valence-corrected chi connectivity index (χ1v) is 7.83. The van der Waals surface area contributed by atoms with Gasteiger partial charge in [0.2, 0.25) is 0 Å². The minimum absolute atomic E-state index is 0.0697. The summed E-state index contributed by atoms with van der Waals surface area (Å²) in [7, 11) is 0. The lowest BCUT2D eigenvalue weighted by Crippen LogP contribution is -2.32. The Morgan fingerprint density at radius 3 is 2.55 bits per heavy atom. The molecule has 1 aromatic carbocycles. The minimum atomic E-state index is 0.0697. The van der Waals surface area contributed by atoms with Crippen LogP contribution in [0.15, 0.2) is 30.3 Å². The van der Waals surface area contributed by atoms with E-state index < -0.39 is 0 Å². The molecule has 1 aromatic heterocycles. The molecule has 0 saturated carbocycles. The Morgan fingerprint density at radius 1 is 1.18 bits per heavy atom. The smallest absolute Gasteiger partial charge is 0.271 e. The van der Waals surface area contributed by atoms with E-state index in [4.69, 9.17) is 0 Å². The molecule has 3 heterocycles. The van der Waals surface area contributed by atoms with Crippen LogP contribution >= 0.6 is 0 Å². The molecule has 2 atom stereocenters. The van der Waals surface area contributed by atoms with E-state index in [-0.39, 0.29) is 5.91 Å². The summed E-state index contributed by atoms with van der Waals surface area (Å²) >= 11 is 0. The third-order valence-electron chi connectivity index (χ3n) is 4.83. The van der Waals surface area contributed by atoms with Crippen LogP contribution in [0, 0.1) is 18.8 Å². The van der Waals surface area contributed by atoms with Crippen LogP contribution in [0.5, 0.6) is 0 Å². The topological polar surface area (TPSA) is 61.0 Å². The Labute approximate surface area is 129 Å². The molecule has 2 N–H and O–H groups in total. The van der Waals surface area contributed by atoms with Crippen LogP contribution in [0.3, 0.4) is 0 Å². The van der Waals surface area contributed by atoms with E-state index in [2.05, 4.69) is 34.6 Å². The summed E-state index contributed by atoms with van der Waals surface area (Å²) in [5, 5.41) is 10.6. The number of hydrogen-bond donors (Lipinski definition) is 2. The van der Waals surface area contributed by atoms with Crippen LogP contribution in [0.4, 0.5) is 0 Å². The van der Waals surface area contributed by atoms with Gasteiger partial charge in [0.05, 0.1) is 5.69 Å². The number of benzene rings is 1. The molecule has 0 spiro atoms. The van der Waals surface area contributed by atoms with Crippen LogP contribution in [0.2, 0.25) is 0 Å². The zero-order chi connectivity index (χ0) is 15.1. The van der Waals surface area contributed by atoms with Crippen molar-refractivity contribution in [1.29, 1.82) is 0 Å². The van der Waals surface area contributed by atoms with Crippen molar-refractivity contribution in [3.8, 4) is 11.3 Å². The first-order chi connectivity index (χ1) is 10.7. The number of amides is 1. The molecule has 5 nitrogen and oxygen atoms in total. The molecule has 0 aliphatic carbocycles. The van der Waals surface area contributed by atoms with Gasteiger partial charge in [-0.1, -0.05) is 29.8 Å². The maximum absolute atomic E-state index is 12.6. The summed E-state index contributed by atoms with van der Waals surface area (Å²) in [6.07, 6.45) is 0. The molecule has 2 fully saturated rings. The van der Waals surface area contributed by atoms with Crippen molar-refractivity contribution in [3.63, 3.8) is 0 Å². The number of carbonyl (C=O) groups is 1. The van der Waals surface area contributed by atoms with Gasteiger partial charge in [0.15, 0.2) is 0 Å². The molecule has 2 saturated heterocycles. The van der Waals surface area contributed by atoms with Crippen molar-refractivity contribution in [2.45, 2.75) is 6.92 Å². The molecule has 0 unspecified atom stereocenters. The Morgan fingerprint density at radius 2 is 1.86 bits per heavy atom. The summed E-state index contributed by atoms with van der Waals surface area (Å²) in [5.74, 6) is 1.30. The average molecular weight is 296 g/mol. The van der Waals surface area contributed by atoms with E-state index in [1.54, 1.807) is 0 Å². The lowest BCUT2D eigenvalue weighted by atomic mass is 10.0. The van der Waals surface area contributed by atoms with Crippen molar-refractivity contribution in [2.75, 3.05) is 26.2 Å². The van der Waals surface area contributed by atoms with Gasteiger partial charge in [-0.25, -0.2) is 0 Å². The summed E-state index contributed by atoms with van der Waals surface area (Å²) in [6, 6.07) is 10.0. The fourth-order valence-electron chi connectivity index (χ4n) is 3.50. The molecule has 22 heavy (non-hydrogen) atoms. The predicted molar refractivity (Wildman–Crippen MR) is 84.5 cm³/mol. The van der Waals surface area contributed by atoms with Gasteiger partial charge in [-0.3, -0.25) is 9.89 Å². The van der Waals surface area contributed by atoms with Gasteiger partial charge in [-0.05, 0) is 24.8 Å². The summed E-state index contributed by atoms with van der Waals surface area (Å²) < 4.78 is 0. The third kappa shape index (κ3) is 2.31. The van der Waals surface area contributed by atoms with E-state index in [0.29, 0.717) is 17.5 Å². The molecule has 2 aliphatic rings. The normalized spacial score (nSPS) is 23.8. The SMILES string of the molecule is Cc1ccc(-c2cc(C(=O)N3C[C@H]4CNC[C@H]4C3)[nH]n2)cc1. The van der Waals surface area contributed by atoms with E-state index >= 15 is 0 Å². The van der Waals surface area contributed by atoms with Gasteiger partial charge >= 0.3 is 0 Å². The lowest BCUT2D eigenvalue weighted by molar-refractivity contribution is 0.0776. The average Bonchev–Trinajstić information content (AvgIpc) is 3.22. The zero-order valence-electron chi connectivity index (χ0n) is 12.7. The molecular formula is C17H20N4O. The zero-order valence-corrected chi connectivity index (χ0v) is 12.7. The highest BCUT2D eigenvalue weighted by Crippen LogP contribution is 2.27. The summed E-state index contributed by atoms with van der Waals surface area (Å²) in [5.41, 5.74) is 3.66. The Hall–Kier alpha value is -2.14. The van der Waals surface area contributed by atoms with Crippen molar-refractivity contribution >= 4 is 5.91 Å².